The molecule has 0 spiro atoms. The van der Waals surface area contributed by atoms with E-state index < -0.39 is 0 Å². The standard InChI is InChI=1S/C52H30N4S2/c1-2-17-36(18-3-1)55-41-23-8-6-19-38(41)45-40-22-12-26-44-48(40)56(52(45)55)42-24-11-21-37(49(42)57-44)33-15-10-16-35(30-33)50-53-47(34-28-27-31-13-4-5-14-32(31)29-34)46-39-20-7-9-25-43(39)58-51(46)54-50/h1-30H. The van der Waals surface area contributed by atoms with Gasteiger partial charge in [-0.3, -0.25) is 9.13 Å². The van der Waals surface area contributed by atoms with E-state index >= 15 is 0 Å². The molecule has 0 saturated heterocycles. The number of fused-ring (bicyclic) bond motifs is 11. The molecule has 0 radical (unpaired) electrons. The topological polar surface area (TPSA) is 35.6 Å². The van der Waals surface area contributed by atoms with Crippen LogP contribution < -0.4 is 0 Å². The molecule has 1 aliphatic heterocycles. The quantitative estimate of drug-likeness (QED) is 0.179. The van der Waals surface area contributed by atoms with E-state index in [9.17, 15) is 0 Å². The van der Waals surface area contributed by atoms with Gasteiger partial charge in [-0.15, -0.1) is 11.3 Å². The maximum Gasteiger partial charge on any atom is 0.161 e. The van der Waals surface area contributed by atoms with Crippen LogP contribution in [0, 0.1) is 0 Å². The molecule has 8 aromatic carbocycles. The van der Waals surface area contributed by atoms with Crippen LogP contribution in [0.15, 0.2) is 192 Å². The van der Waals surface area contributed by atoms with Gasteiger partial charge in [0, 0.05) is 58.2 Å². The zero-order valence-electron chi connectivity index (χ0n) is 30.9. The summed E-state index contributed by atoms with van der Waals surface area (Å²) in [5.41, 5.74) is 11.4. The third-order valence-corrected chi connectivity index (χ3v) is 14.0. The van der Waals surface area contributed by atoms with Gasteiger partial charge in [0.2, 0.25) is 0 Å². The van der Waals surface area contributed by atoms with E-state index in [1.165, 1.54) is 74.7 Å². The fourth-order valence-electron chi connectivity index (χ4n) is 9.19. The summed E-state index contributed by atoms with van der Waals surface area (Å²) in [5.74, 6) is 0.730. The summed E-state index contributed by atoms with van der Waals surface area (Å²) < 4.78 is 6.17. The fraction of sp³-hybridized carbons (Fsp3) is 0. The zero-order chi connectivity index (χ0) is 37.9. The monoisotopic (exact) mass is 774 g/mol. The summed E-state index contributed by atoms with van der Waals surface area (Å²) in [6, 6.07) is 65.7. The minimum Gasteiger partial charge on any atom is -0.295 e. The summed E-state index contributed by atoms with van der Waals surface area (Å²) in [6.07, 6.45) is 0. The molecule has 12 aromatic rings. The Kier molecular flexibility index (Phi) is 6.79. The average molecular weight is 775 g/mol. The van der Waals surface area contributed by atoms with Crippen molar-refractivity contribution in [3.8, 4) is 45.1 Å². The lowest BCUT2D eigenvalue weighted by molar-refractivity contribution is 1.03. The molecule has 6 heteroatoms. The number of thiophene rings is 1. The van der Waals surface area contributed by atoms with E-state index in [0.29, 0.717) is 0 Å². The lowest BCUT2D eigenvalue weighted by Gasteiger charge is -2.23. The Hall–Kier alpha value is -6.99. The number of para-hydroxylation sites is 3. The molecule has 0 fully saturated rings. The molecule has 13 rings (SSSR count). The van der Waals surface area contributed by atoms with Crippen LogP contribution in [0.1, 0.15) is 0 Å². The van der Waals surface area contributed by atoms with Gasteiger partial charge in [0.05, 0.1) is 22.4 Å². The summed E-state index contributed by atoms with van der Waals surface area (Å²) >= 11 is 3.61. The zero-order valence-corrected chi connectivity index (χ0v) is 32.6. The van der Waals surface area contributed by atoms with E-state index in [-0.39, 0.29) is 0 Å². The molecule has 5 heterocycles. The van der Waals surface area contributed by atoms with E-state index in [1.807, 2.05) is 11.8 Å². The van der Waals surface area contributed by atoms with Gasteiger partial charge < -0.3 is 0 Å². The molecule has 1 aliphatic rings. The molecule has 270 valence electrons. The van der Waals surface area contributed by atoms with Gasteiger partial charge in [-0.25, -0.2) is 9.97 Å². The Morgan fingerprint density at radius 3 is 2.17 bits per heavy atom. The fourth-order valence-corrected chi connectivity index (χ4v) is 11.5. The Bertz CT molecular complexity index is 3670. The number of hydrogen-bond acceptors (Lipinski definition) is 4. The van der Waals surface area contributed by atoms with E-state index in [4.69, 9.17) is 9.97 Å². The van der Waals surface area contributed by atoms with Gasteiger partial charge in [-0.05, 0) is 70.4 Å². The predicted octanol–water partition coefficient (Wildman–Crippen LogP) is 14.5. The first-order valence-corrected chi connectivity index (χ1v) is 21.1. The summed E-state index contributed by atoms with van der Waals surface area (Å²) in [6.45, 7) is 0. The van der Waals surface area contributed by atoms with Gasteiger partial charge in [-0.2, -0.15) is 0 Å². The maximum atomic E-state index is 5.42. The molecule has 0 atom stereocenters. The molecule has 0 amide bonds. The molecular weight excluding hydrogens is 745 g/mol. The molecule has 0 unspecified atom stereocenters. The molecule has 0 bridgehead atoms. The van der Waals surface area contributed by atoms with Crippen LogP contribution >= 0.6 is 23.1 Å². The average Bonchev–Trinajstić information content (AvgIpc) is 3.95. The minimum atomic E-state index is 0.730. The van der Waals surface area contributed by atoms with Crippen molar-refractivity contribution in [1.82, 2.24) is 19.1 Å². The van der Waals surface area contributed by atoms with Gasteiger partial charge in [0.25, 0.3) is 0 Å². The van der Waals surface area contributed by atoms with Crippen molar-refractivity contribution in [3.63, 3.8) is 0 Å². The van der Waals surface area contributed by atoms with Crippen LogP contribution in [0.25, 0.3) is 109 Å². The lowest BCUT2D eigenvalue weighted by atomic mass is 10.0. The van der Waals surface area contributed by atoms with Gasteiger partial charge in [0.15, 0.2) is 5.82 Å². The number of nitrogens with zero attached hydrogens (tertiary/aromatic N) is 4. The molecular formula is C52H30N4S2. The van der Waals surface area contributed by atoms with Crippen molar-refractivity contribution < 1.29 is 0 Å². The van der Waals surface area contributed by atoms with E-state index in [0.717, 1.165) is 44.1 Å². The smallest absolute Gasteiger partial charge is 0.161 e. The Balaban J connectivity index is 1.02. The molecule has 0 saturated carbocycles. The maximum absolute atomic E-state index is 5.42. The minimum absolute atomic E-state index is 0.730. The van der Waals surface area contributed by atoms with Crippen molar-refractivity contribution in [2.45, 2.75) is 9.79 Å². The normalized spacial score (nSPS) is 12.4. The Morgan fingerprint density at radius 2 is 1.24 bits per heavy atom. The highest BCUT2D eigenvalue weighted by atomic mass is 32.2. The number of aromatic nitrogens is 4. The molecule has 4 aromatic heterocycles. The first-order valence-electron chi connectivity index (χ1n) is 19.5. The number of rotatable bonds is 4. The van der Waals surface area contributed by atoms with Crippen molar-refractivity contribution in [3.05, 3.63) is 182 Å². The second-order valence-corrected chi connectivity index (χ2v) is 17.0. The van der Waals surface area contributed by atoms with Crippen molar-refractivity contribution >= 4 is 87.0 Å². The molecule has 58 heavy (non-hydrogen) atoms. The summed E-state index contributed by atoms with van der Waals surface area (Å²) in [5, 5.41) is 8.55. The van der Waals surface area contributed by atoms with E-state index in [2.05, 4.69) is 191 Å². The highest BCUT2D eigenvalue weighted by Gasteiger charge is 2.29. The summed E-state index contributed by atoms with van der Waals surface area (Å²) in [7, 11) is 0. The van der Waals surface area contributed by atoms with Crippen LogP contribution in [0.3, 0.4) is 0 Å². The van der Waals surface area contributed by atoms with Crippen molar-refractivity contribution in [1.29, 1.82) is 0 Å². The first-order chi connectivity index (χ1) is 28.8. The SMILES string of the molecule is c1ccc(-n2c3ccccc3c3c4cccc5c4n(c32)-c2cccc(-c3cccc(-c4nc(-c6ccc7ccccc7c6)c6c(n4)sc4ccccc46)c3)c2S5)cc1. The van der Waals surface area contributed by atoms with E-state index in [1.54, 1.807) is 11.3 Å². The van der Waals surface area contributed by atoms with Crippen LogP contribution in [0.5, 0.6) is 0 Å². The second-order valence-electron chi connectivity index (χ2n) is 14.9. The lowest BCUT2D eigenvalue weighted by Crippen LogP contribution is -2.06. The highest BCUT2D eigenvalue weighted by Crippen LogP contribution is 2.52. The highest BCUT2D eigenvalue weighted by molar-refractivity contribution is 8.00. The largest absolute Gasteiger partial charge is 0.295 e. The molecule has 4 nitrogen and oxygen atoms in total. The van der Waals surface area contributed by atoms with Gasteiger partial charge in [0.1, 0.15) is 10.5 Å². The van der Waals surface area contributed by atoms with Crippen molar-refractivity contribution in [2.24, 2.45) is 0 Å². The second kappa shape index (κ2) is 12.3. The first kappa shape index (κ1) is 32.1. The number of hydrogen-bond donors (Lipinski definition) is 0. The number of benzene rings is 8. The third-order valence-electron chi connectivity index (χ3n) is 11.7. The Labute approximate surface area is 341 Å². The third kappa shape index (κ3) is 4.58. The summed E-state index contributed by atoms with van der Waals surface area (Å²) in [4.78, 5) is 14.2. The van der Waals surface area contributed by atoms with Gasteiger partial charge in [-0.1, -0.05) is 145 Å². The van der Waals surface area contributed by atoms with Crippen molar-refractivity contribution in [2.75, 3.05) is 0 Å². The van der Waals surface area contributed by atoms with Crippen LogP contribution in [-0.4, -0.2) is 19.1 Å². The molecule has 0 aliphatic carbocycles. The van der Waals surface area contributed by atoms with Crippen LogP contribution in [0.4, 0.5) is 0 Å². The Morgan fingerprint density at radius 1 is 0.483 bits per heavy atom. The van der Waals surface area contributed by atoms with Crippen LogP contribution in [0.2, 0.25) is 0 Å². The van der Waals surface area contributed by atoms with Gasteiger partial charge >= 0.3 is 0 Å². The molecule has 0 N–H and O–H groups in total. The predicted molar refractivity (Wildman–Crippen MR) is 244 cm³/mol. The van der Waals surface area contributed by atoms with Crippen LogP contribution in [-0.2, 0) is 0 Å².